The molecule has 0 aromatic carbocycles. The van der Waals surface area contributed by atoms with E-state index in [-0.39, 0.29) is 29.6 Å². The Morgan fingerprint density at radius 1 is 0.825 bits per heavy atom. The predicted octanol–water partition coefficient (Wildman–Crippen LogP) is 2.42. The maximum Gasteiger partial charge on any atom is 0.245 e. The molecule has 1 aliphatic rings. The number of hydrogen-bond acceptors (Lipinski definition) is 7. The number of aliphatic hydroxyl groups is 1. The standard InChI is InChI=1S/C30H56N4O6/c1-12-19(7)23(32-29(39)25(20(8)13-2)34(11)18(5)6)27(37)33-24(21(9)35)28(38)31-22(15-14-17(3)4)26(36)30(10)16-40-30/h17-25,35H,12-16H2,1-11H3,(H,31,38)(H,32,39)(H,33,37)/t19-,20-,21+,22-,23-,24-,25-,30+/m0/s1. The fourth-order valence-electron chi connectivity index (χ4n) is 4.63. The van der Waals surface area contributed by atoms with Crippen molar-refractivity contribution in [3.63, 3.8) is 0 Å². The number of hydrogen-bond donors (Lipinski definition) is 4. The Morgan fingerprint density at radius 2 is 1.32 bits per heavy atom. The van der Waals surface area contributed by atoms with Crippen molar-refractivity contribution in [2.45, 2.75) is 137 Å². The first kappa shape index (κ1) is 36.0. The van der Waals surface area contributed by atoms with Gasteiger partial charge in [-0.15, -0.1) is 0 Å². The molecule has 10 nitrogen and oxygen atoms in total. The summed E-state index contributed by atoms with van der Waals surface area (Å²) >= 11 is 0. The molecule has 0 radical (unpaired) electrons. The Hall–Kier alpha value is -2.04. The summed E-state index contributed by atoms with van der Waals surface area (Å²) in [5.74, 6) is -1.52. The Labute approximate surface area is 241 Å². The van der Waals surface area contributed by atoms with Gasteiger partial charge in [0.2, 0.25) is 17.7 Å². The Bertz CT molecular complexity index is 857. The lowest BCUT2D eigenvalue weighted by atomic mass is 9.93. The number of carbonyl (C=O) groups is 4. The molecule has 0 saturated carbocycles. The molecule has 0 bridgehead atoms. The minimum atomic E-state index is -1.30. The van der Waals surface area contributed by atoms with Crippen LogP contribution in [0.15, 0.2) is 0 Å². The average Bonchev–Trinajstić information content (AvgIpc) is 3.64. The first-order valence-corrected chi connectivity index (χ1v) is 15.0. The molecule has 40 heavy (non-hydrogen) atoms. The molecule has 1 aliphatic heterocycles. The van der Waals surface area contributed by atoms with Gasteiger partial charge in [0.25, 0.3) is 0 Å². The van der Waals surface area contributed by atoms with E-state index in [1.54, 1.807) is 6.92 Å². The van der Waals surface area contributed by atoms with Gasteiger partial charge in [0.05, 0.1) is 24.8 Å². The van der Waals surface area contributed by atoms with Gasteiger partial charge in [-0.25, -0.2) is 0 Å². The number of carbonyl (C=O) groups excluding carboxylic acids is 4. The summed E-state index contributed by atoms with van der Waals surface area (Å²) in [5.41, 5.74) is -0.917. The smallest absolute Gasteiger partial charge is 0.245 e. The third-order valence-electron chi connectivity index (χ3n) is 8.32. The van der Waals surface area contributed by atoms with E-state index in [2.05, 4.69) is 16.0 Å². The zero-order valence-electron chi connectivity index (χ0n) is 26.7. The van der Waals surface area contributed by atoms with Crippen molar-refractivity contribution in [3.05, 3.63) is 0 Å². The van der Waals surface area contributed by atoms with Crippen molar-refractivity contribution in [1.82, 2.24) is 20.9 Å². The van der Waals surface area contributed by atoms with E-state index in [1.165, 1.54) is 6.92 Å². The lowest BCUT2D eigenvalue weighted by Crippen LogP contribution is -2.62. The largest absolute Gasteiger partial charge is 0.391 e. The van der Waals surface area contributed by atoms with Crippen LogP contribution >= 0.6 is 0 Å². The van der Waals surface area contributed by atoms with Crippen molar-refractivity contribution in [2.24, 2.45) is 17.8 Å². The van der Waals surface area contributed by atoms with E-state index in [9.17, 15) is 24.3 Å². The van der Waals surface area contributed by atoms with Crippen LogP contribution in [0.3, 0.4) is 0 Å². The molecule has 3 amide bonds. The molecule has 0 aromatic rings. The van der Waals surface area contributed by atoms with E-state index in [0.29, 0.717) is 31.8 Å². The third kappa shape index (κ3) is 10.1. The van der Waals surface area contributed by atoms with Crippen LogP contribution < -0.4 is 16.0 Å². The van der Waals surface area contributed by atoms with Crippen molar-refractivity contribution in [1.29, 1.82) is 0 Å². The van der Waals surface area contributed by atoms with E-state index in [0.717, 1.165) is 6.42 Å². The van der Waals surface area contributed by atoms with Gasteiger partial charge in [-0.05, 0) is 65.3 Å². The van der Waals surface area contributed by atoms with Crippen molar-refractivity contribution >= 4 is 23.5 Å². The molecular formula is C30H56N4O6. The van der Waals surface area contributed by atoms with Crippen LogP contribution in [-0.2, 0) is 23.9 Å². The second-order valence-electron chi connectivity index (χ2n) is 12.6. The normalized spacial score (nSPS) is 22.2. The number of rotatable bonds is 18. The highest BCUT2D eigenvalue weighted by atomic mass is 16.6. The van der Waals surface area contributed by atoms with E-state index in [4.69, 9.17) is 4.74 Å². The van der Waals surface area contributed by atoms with Crippen LogP contribution in [0.4, 0.5) is 0 Å². The molecule has 0 spiro atoms. The Balaban J connectivity index is 3.14. The lowest BCUT2D eigenvalue weighted by molar-refractivity contribution is -0.138. The summed E-state index contributed by atoms with van der Waals surface area (Å²) in [7, 11) is 1.90. The van der Waals surface area contributed by atoms with Gasteiger partial charge in [0.1, 0.15) is 17.7 Å². The number of aliphatic hydroxyl groups excluding tert-OH is 1. The number of likely N-dealkylation sites (N-methyl/N-ethyl adjacent to an activating group) is 1. The highest BCUT2D eigenvalue weighted by Crippen LogP contribution is 2.29. The number of amides is 3. The Kier molecular flexibility index (Phi) is 14.2. The van der Waals surface area contributed by atoms with Gasteiger partial charge in [-0.3, -0.25) is 24.1 Å². The molecule has 8 atom stereocenters. The van der Waals surface area contributed by atoms with Crippen LogP contribution in [-0.4, -0.2) is 89.1 Å². The maximum atomic E-state index is 13.6. The predicted molar refractivity (Wildman–Crippen MR) is 157 cm³/mol. The summed E-state index contributed by atoms with van der Waals surface area (Å²) in [6, 6.07) is -3.32. The average molecular weight is 569 g/mol. The first-order chi connectivity index (χ1) is 18.5. The van der Waals surface area contributed by atoms with Crippen LogP contribution in [0.5, 0.6) is 0 Å². The maximum absolute atomic E-state index is 13.6. The van der Waals surface area contributed by atoms with Gasteiger partial charge in [-0.2, -0.15) is 0 Å². The van der Waals surface area contributed by atoms with Gasteiger partial charge in [-0.1, -0.05) is 54.4 Å². The monoisotopic (exact) mass is 568 g/mol. The molecule has 232 valence electrons. The summed E-state index contributed by atoms with van der Waals surface area (Å²) in [5, 5.41) is 18.8. The number of nitrogens with one attached hydrogen (secondary N) is 3. The van der Waals surface area contributed by atoms with Crippen molar-refractivity contribution < 1.29 is 29.0 Å². The lowest BCUT2D eigenvalue weighted by Gasteiger charge is -2.36. The number of ether oxygens (including phenoxy) is 1. The zero-order valence-corrected chi connectivity index (χ0v) is 26.7. The molecule has 1 fully saturated rings. The highest BCUT2D eigenvalue weighted by molar-refractivity contribution is 5.98. The van der Waals surface area contributed by atoms with Gasteiger partial charge < -0.3 is 25.8 Å². The molecule has 10 heteroatoms. The quantitative estimate of drug-likeness (QED) is 0.186. The fraction of sp³-hybridized carbons (Fsp3) is 0.867. The molecule has 1 heterocycles. The fourth-order valence-corrected chi connectivity index (χ4v) is 4.63. The van der Waals surface area contributed by atoms with Gasteiger partial charge in [0, 0.05) is 6.04 Å². The van der Waals surface area contributed by atoms with Crippen molar-refractivity contribution in [2.75, 3.05) is 13.7 Å². The first-order valence-electron chi connectivity index (χ1n) is 15.0. The minimum absolute atomic E-state index is 0.0571. The molecule has 4 N–H and O–H groups in total. The van der Waals surface area contributed by atoms with Crippen LogP contribution in [0.2, 0.25) is 0 Å². The molecule has 1 rings (SSSR count). The highest BCUT2D eigenvalue weighted by Gasteiger charge is 2.50. The molecule has 0 unspecified atom stereocenters. The van der Waals surface area contributed by atoms with E-state index < -0.39 is 47.7 Å². The van der Waals surface area contributed by atoms with Gasteiger partial charge in [0.15, 0.2) is 5.78 Å². The van der Waals surface area contributed by atoms with Gasteiger partial charge >= 0.3 is 0 Å². The summed E-state index contributed by atoms with van der Waals surface area (Å²) in [4.78, 5) is 55.5. The summed E-state index contributed by atoms with van der Waals surface area (Å²) < 4.78 is 5.32. The molecular weight excluding hydrogens is 512 g/mol. The topological polar surface area (TPSA) is 140 Å². The summed E-state index contributed by atoms with van der Waals surface area (Å²) in [6.45, 7) is 19.3. The van der Waals surface area contributed by atoms with Crippen LogP contribution in [0, 0.1) is 17.8 Å². The Morgan fingerprint density at radius 3 is 1.75 bits per heavy atom. The number of Topliss-reactive ketones (excluding diaryl/α,β-unsaturated/α-hetero) is 1. The number of ketones is 1. The zero-order chi connectivity index (χ0) is 30.9. The molecule has 1 saturated heterocycles. The van der Waals surface area contributed by atoms with Crippen LogP contribution in [0.1, 0.15) is 94.9 Å². The number of epoxide rings is 1. The van der Waals surface area contributed by atoms with Crippen LogP contribution in [0.25, 0.3) is 0 Å². The summed E-state index contributed by atoms with van der Waals surface area (Å²) in [6.07, 6.45) is 1.31. The van der Waals surface area contributed by atoms with Crippen molar-refractivity contribution in [3.8, 4) is 0 Å². The van der Waals surface area contributed by atoms with E-state index >= 15 is 0 Å². The minimum Gasteiger partial charge on any atom is -0.391 e. The van der Waals surface area contributed by atoms with E-state index in [1.807, 2.05) is 67.3 Å². The number of nitrogens with zero attached hydrogens (tertiary/aromatic N) is 1. The second-order valence-corrected chi connectivity index (χ2v) is 12.6. The third-order valence-corrected chi connectivity index (χ3v) is 8.32. The SMILES string of the molecule is CC[C@H](C)[C@H](NC(=O)[C@H]([C@@H](C)CC)N(C)C(C)C)C(=O)N[C@H](C(=O)N[C@@H](CCC(C)C)C(=O)[C@@]1(C)CO1)[C@@H](C)O. The second kappa shape index (κ2) is 15.8. The molecule has 0 aliphatic carbocycles. The molecule has 0 aromatic heterocycles.